The van der Waals surface area contributed by atoms with Crippen LogP contribution in [0, 0.1) is 13.8 Å². The average Bonchev–Trinajstić information content (AvgIpc) is 2.63. The van der Waals surface area contributed by atoms with Crippen LogP contribution < -0.4 is 5.63 Å². The molecule has 0 spiro atoms. The van der Waals surface area contributed by atoms with Crippen LogP contribution in [-0.2, 0) is 5.75 Å². The molecule has 4 aromatic rings. The van der Waals surface area contributed by atoms with Crippen molar-refractivity contribution in [2.45, 2.75) is 24.5 Å². The fraction of sp³-hybridized carbons (Fsp3) is 0.143. The first kappa shape index (κ1) is 15.9. The van der Waals surface area contributed by atoms with Crippen molar-refractivity contribution < 1.29 is 4.42 Å². The van der Waals surface area contributed by atoms with Gasteiger partial charge in [0.1, 0.15) is 5.58 Å². The SMILES string of the molecule is Cc1ccc2c(CSc3ccnc4ccccc34)cc(=O)oc2c1C. The number of benzene rings is 2. The van der Waals surface area contributed by atoms with Gasteiger partial charge in [-0.05, 0) is 42.7 Å². The zero-order valence-corrected chi connectivity index (χ0v) is 14.9. The zero-order valence-electron chi connectivity index (χ0n) is 14.1. The molecule has 2 heterocycles. The van der Waals surface area contributed by atoms with Crippen LogP contribution >= 0.6 is 11.8 Å². The molecule has 124 valence electrons. The number of para-hydroxylation sites is 1. The molecule has 0 fully saturated rings. The first-order valence-corrected chi connectivity index (χ1v) is 9.11. The predicted octanol–water partition coefficient (Wildman–Crippen LogP) is 5.25. The summed E-state index contributed by atoms with van der Waals surface area (Å²) >= 11 is 1.72. The van der Waals surface area contributed by atoms with Crippen molar-refractivity contribution in [3.63, 3.8) is 0 Å². The molecule has 0 saturated carbocycles. The molecule has 0 atom stereocenters. The number of hydrogen-bond donors (Lipinski definition) is 0. The van der Waals surface area contributed by atoms with E-state index in [1.807, 2.05) is 50.4 Å². The van der Waals surface area contributed by atoms with Gasteiger partial charge in [-0.1, -0.05) is 30.3 Å². The highest BCUT2D eigenvalue weighted by atomic mass is 32.2. The van der Waals surface area contributed by atoms with Crippen molar-refractivity contribution in [2.24, 2.45) is 0 Å². The Morgan fingerprint density at radius 1 is 1.04 bits per heavy atom. The third kappa shape index (κ3) is 2.94. The monoisotopic (exact) mass is 347 g/mol. The summed E-state index contributed by atoms with van der Waals surface area (Å²) < 4.78 is 5.46. The van der Waals surface area contributed by atoms with Crippen molar-refractivity contribution in [2.75, 3.05) is 0 Å². The second-order valence-electron chi connectivity index (χ2n) is 6.09. The summed E-state index contributed by atoms with van der Waals surface area (Å²) in [6, 6.07) is 15.9. The Labute approximate surface area is 149 Å². The molecule has 0 aliphatic rings. The van der Waals surface area contributed by atoms with Crippen molar-refractivity contribution in [1.82, 2.24) is 4.98 Å². The second-order valence-corrected chi connectivity index (χ2v) is 7.11. The number of nitrogens with zero attached hydrogens (tertiary/aromatic N) is 1. The van der Waals surface area contributed by atoms with E-state index in [9.17, 15) is 4.79 Å². The topological polar surface area (TPSA) is 43.1 Å². The van der Waals surface area contributed by atoms with E-state index < -0.39 is 0 Å². The number of thioether (sulfide) groups is 1. The third-order valence-electron chi connectivity index (χ3n) is 4.51. The first-order valence-electron chi connectivity index (χ1n) is 8.13. The number of rotatable bonds is 3. The van der Waals surface area contributed by atoms with E-state index in [2.05, 4.69) is 17.1 Å². The molecular formula is C21H17NO2S. The number of fused-ring (bicyclic) bond motifs is 2. The Kier molecular flexibility index (Phi) is 4.06. The van der Waals surface area contributed by atoms with Crippen LogP contribution in [0.1, 0.15) is 16.7 Å². The van der Waals surface area contributed by atoms with Gasteiger partial charge in [0.15, 0.2) is 0 Å². The molecule has 0 aliphatic carbocycles. The van der Waals surface area contributed by atoms with E-state index in [1.165, 1.54) is 0 Å². The van der Waals surface area contributed by atoms with E-state index in [4.69, 9.17) is 4.42 Å². The van der Waals surface area contributed by atoms with Gasteiger partial charge in [-0.2, -0.15) is 0 Å². The Bertz CT molecular complexity index is 1140. The minimum atomic E-state index is -0.295. The Balaban J connectivity index is 1.76. The molecule has 3 nitrogen and oxygen atoms in total. The lowest BCUT2D eigenvalue weighted by atomic mass is 10.0. The predicted molar refractivity (Wildman–Crippen MR) is 103 cm³/mol. The molecule has 0 amide bonds. The number of aromatic nitrogens is 1. The van der Waals surface area contributed by atoms with Gasteiger partial charge in [-0.25, -0.2) is 4.79 Å². The summed E-state index contributed by atoms with van der Waals surface area (Å²) in [5, 5.41) is 2.14. The first-order chi connectivity index (χ1) is 12.1. The lowest BCUT2D eigenvalue weighted by Gasteiger charge is -2.10. The van der Waals surface area contributed by atoms with Gasteiger partial charge in [-0.3, -0.25) is 4.98 Å². The Morgan fingerprint density at radius 3 is 2.76 bits per heavy atom. The quantitative estimate of drug-likeness (QED) is 0.375. The van der Waals surface area contributed by atoms with Crippen molar-refractivity contribution >= 4 is 33.6 Å². The lowest BCUT2D eigenvalue weighted by Crippen LogP contribution is -2.01. The van der Waals surface area contributed by atoms with Gasteiger partial charge in [0.25, 0.3) is 0 Å². The normalized spacial score (nSPS) is 11.3. The molecule has 2 aromatic carbocycles. The van der Waals surface area contributed by atoms with Gasteiger partial charge in [0, 0.05) is 33.7 Å². The molecule has 4 rings (SSSR count). The Morgan fingerprint density at radius 2 is 1.88 bits per heavy atom. The van der Waals surface area contributed by atoms with Crippen molar-refractivity contribution in [1.29, 1.82) is 0 Å². The molecule has 4 heteroatoms. The summed E-state index contributed by atoms with van der Waals surface area (Å²) in [7, 11) is 0. The summed E-state index contributed by atoms with van der Waals surface area (Å²) in [5.74, 6) is 0.707. The van der Waals surface area contributed by atoms with Crippen LogP contribution in [0.5, 0.6) is 0 Å². The smallest absolute Gasteiger partial charge is 0.336 e. The van der Waals surface area contributed by atoms with Crippen LogP contribution in [-0.4, -0.2) is 4.98 Å². The van der Waals surface area contributed by atoms with Crippen molar-refractivity contribution in [3.05, 3.63) is 81.8 Å². The van der Waals surface area contributed by atoms with Crippen LogP contribution in [0.4, 0.5) is 0 Å². The van der Waals surface area contributed by atoms with Crippen LogP contribution in [0.2, 0.25) is 0 Å². The molecule has 0 saturated heterocycles. The molecule has 0 aliphatic heterocycles. The lowest BCUT2D eigenvalue weighted by molar-refractivity contribution is 0.557. The highest BCUT2D eigenvalue weighted by Crippen LogP contribution is 2.32. The van der Waals surface area contributed by atoms with Crippen molar-refractivity contribution in [3.8, 4) is 0 Å². The Hall–Kier alpha value is -2.59. The number of hydrogen-bond acceptors (Lipinski definition) is 4. The van der Waals surface area contributed by atoms with E-state index in [1.54, 1.807) is 17.8 Å². The van der Waals surface area contributed by atoms with Crippen LogP contribution in [0.3, 0.4) is 0 Å². The minimum absolute atomic E-state index is 0.295. The highest BCUT2D eigenvalue weighted by Gasteiger charge is 2.11. The minimum Gasteiger partial charge on any atom is -0.422 e. The van der Waals surface area contributed by atoms with E-state index in [0.717, 1.165) is 37.9 Å². The van der Waals surface area contributed by atoms with E-state index in [0.29, 0.717) is 11.3 Å². The summed E-state index contributed by atoms with van der Waals surface area (Å²) in [6.45, 7) is 4.02. The summed E-state index contributed by atoms with van der Waals surface area (Å²) in [6.07, 6.45) is 1.83. The van der Waals surface area contributed by atoms with Gasteiger partial charge < -0.3 is 4.42 Å². The molecule has 2 aromatic heterocycles. The molecule has 0 bridgehead atoms. The maximum Gasteiger partial charge on any atom is 0.336 e. The van der Waals surface area contributed by atoms with Gasteiger partial charge >= 0.3 is 5.63 Å². The molecular weight excluding hydrogens is 330 g/mol. The fourth-order valence-corrected chi connectivity index (χ4v) is 4.03. The molecule has 25 heavy (non-hydrogen) atoms. The molecule has 0 unspecified atom stereocenters. The fourth-order valence-electron chi connectivity index (χ4n) is 2.99. The average molecular weight is 347 g/mol. The zero-order chi connectivity index (χ0) is 17.4. The van der Waals surface area contributed by atoms with E-state index >= 15 is 0 Å². The van der Waals surface area contributed by atoms with E-state index in [-0.39, 0.29) is 5.63 Å². The maximum atomic E-state index is 12.0. The summed E-state index contributed by atoms with van der Waals surface area (Å²) in [4.78, 5) is 17.6. The number of aryl methyl sites for hydroxylation is 2. The van der Waals surface area contributed by atoms with Gasteiger partial charge in [0.05, 0.1) is 5.52 Å². The molecule has 0 N–H and O–H groups in total. The van der Waals surface area contributed by atoms with Gasteiger partial charge in [0.2, 0.25) is 0 Å². The number of pyridine rings is 1. The summed E-state index contributed by atoms with van der Waals surface area (Å²) in [5.41, 5.74) is 4.53. The van der Waals surface area contributed by atoms with Crippen LogP contribution in [0.25, 0.3) is 21.9 Å². The maximum absolute atomic E-state index is 12.0. The third-order valence-corrected chi connectivity index (χ3v) is 5.63. The second kappa shape index (κ2) is 6.37. The largest absolute Gasteiger partial charge is 0.422 e. The molecule has 0 radical (unpaired) electrons. The van der Waals surface area contributed by atoms with Crippen LogP contribution in [0.15, 0.2) is 68.8 Å². The highest BCUT2D eigenvalue weighted by molar-refractivity contribution is 7.98. The standard InChI is InChI=1S/C21H17NO2S/c1-13-7-8-16-15(11-20(23)24-21(16)14(13)2)12-25-19-9-10-22-18-6-4-3-5-17(18)19/h3-11H,12H2,1-2H3. The van der Waals surface area contributed by atoms with Gasteiger partial charge in [-0.15, -0.1) is 11.8 Å².